The van der Waals surface area contributed by atoms with Gasteiger partial charge in [-0.1, -0.05) is 25.0 Å². The van der Waals surface area contributed by atoms with E-state index in [-0.39, 0.29) is 11.7 Å². The first-order chi connectivity index (χ1) is 11.7. The number of para-hydroxylation sites is 2. The molecule has 5 nitrogen and oxygen atoms in total. The molecule has 0 aliphatic carbocycles. The van der Waals surface area contributed by atoms with Crippen LogP contribution in [0.4, 0.5) is 11.4 Å². The maximum Gasteiger partial charge on any atom is 0.224 e. The molecule has 2 aromatic rings. The number of carbonyl (C=O) groups is 2. The van der Waals surface area contributed by atoms with Crippen LogP contribution in [-0.2, 0) is 4.79 Å². The highest BCUT2D eigenvalue weighted by molar-refractivity contribution is 5.95. The summed E-state index contributed by atoms with van der Waals surface area (Å²) in [6, 6.07) is 10.7. The van der Waals surface area contributed by atoms with Crippen molar-refractivity contribution in [2.75, 3.05) is 11.1 Å². The van der Waals surface area contributed by atoms with Crippen LogP contribution in [0.25, 0.3) is 0 Å². The first-order valence-corrected chi connectivity index (χ1v) is 8.24. The summed E-state index contributed by atoms with van der Waals surface area (Å²) in [5, 5.41) is 2.82. The molecule has 0 bridgehead atoms. The quantitative estimate of drug-likeness (QED) is 0.417. The van der Waals surface area contributed by atoms with Crippen LogP contribution in [0, 0.1) is 0 Å². The van der Waals surface area contributed by atoms with Gasteiger partial charge < -0.3 is 11.1 Å². The highest BCUT2D eigenvalue weighted by Gasteiger charge is 2.06. The summed E-state index contributed by atoms with van der Waals surface area (Å²) in [4.78, 5) is 27.7. The van der Waals surface area contributed by atoms with E-state index in [1.807, 2.05) is 12.1 Å². The minimum Gasteiger partial charge on any atom is -0.397 e. The second-order valence-corrected chi connectivity index (χ2v) is 5.71. The summed E-state index contributed by atoms with van der Waals surface area (Å²) in [7, 11) is 0. The number of pyridine rings is 1. The number of nitrogens with two attached hydrogens (primary N) is 1. The highest BCUT2D eigenvalue weighted by Crippen LogP contribution is 2.17. The number of nitrogen functional groups attached to an aromatic ring is 1. The molecule has 0 saturated carbocycles. The van der Waals surface area contributed by atoms with Crippen molar-refractivity contribution in [2.45, 2.75) is 38.5 Å². The summed E-state index contributed by atoms with van der Waals surface area (Å²) in [5.74, 6) is 0.121. The lowest BCUT2D eigenvalue weighted by atomic mass is 10.0. The van der Waals surface area contributed by atoms with E-state index in [0.717, 1.165) is 25.7 Å². The number of benzene rings is 1. The van der Waals surface area contributed by atoms with Crippen LogP contribution in [0.2, 0.25) is 0 Å². The van der Waals surface area contributed by atoms with Gasteiger partial charge in [0.2, 0.25) is 5.91 Å². The first-order valence-electron chi connectivity index (χ1n) is 8.24. The molecule has 0 aliphatic rings. The molecule has 2 rings (SSSR count). The predicted molar refractivity (Wildman–Crippen MR) is 95.8 cm³/mol. The highest BCUT2D eigenvalue weighted by atomic mass is 16.1. The van der Waals surface area contributed by atoms with Gasteiger partial charge in [-0.2, -0.15) is 0 Å². The van der Waals surface area contributed by atoms with E-state index in [0.29, 0.717) is 29.8 Å². The van der Waals surface area contributed by atoms with Crippen molar-refractivity contribution in [3.8, 4) is 0 Å². The molecule has 1 aromatic heterocycles. The molecule has 1 aromatic carbocycles. The van der Waals surface area contributed by atoms with Gasteiger partial charge in [-0.15, -0.1) is 0 Å². The Bertz CT molecular complexity index is 671. The van der Waals surface area contributed by atoms with Crippen molar-refractivity contribution in [3.63, 3.8) is 0 Å². The minimum absolute atomic E-state index is 0.0271. The van der Waals surface area contributed by atoms with E-state index in [4.69, 9.17) is 5.73 Å². The molecule has 126 valence electrons. The zero-order valence-corrected chi connectivity index (χ0v) is 13.7. The number of ketones is 1. The molecular weight excluding hydrogens is 302 g/mol. The topological polar surface area (TPSA) is 85.1 Å². The number of unbranched alkanes of at least 4 members (excludes halogenated alkanes) is 3. The molecule has 5 heteroatoms. The SMILES string of the molecule is Nc1ccccc1NC(=O)CCCCCCC(=O)c1ccncc1. The van der Waals surface area contributed by atoms with Gasteiger partial charge in [0.05, 0.1) is 11.4 Å². The smallest absolute Gasteiger partial charge is 0.224 e. The van der Waals surface area contributed by atoms with Crippen molar-refractivity contribution < 1.29 is 9.59 Å². The van der Waals surface area contributed by atoms with Gasteiger partial charge in [-0.25, -0.2) is 0 Å². The van der Waals surface area contributed by atoms with E-state index < -0.39 is 0 Å². The van der Waals surface area contributed by atoms with E-state index in [1.165, 1.54) is 0 Å². The van der Waals surface area contributed by atoms with Crippen molar-refractivity contribution in [2.24, 2.45) is 0 Å². The molecule has 0 atom stereocenters. The maximum absolute atomic E-state index is 11.9. The molecule has 0 spiro atoms. The monoisotopic (exact) mass is 325 g/mol. The van der Waals surface area contributed by atoms with Gasteiger partial charge in [-0.05, 0) is 37.1 Å². The molecule has 0 unspecified atom stereocenters. The molecule has 24 heavy (non-hydrogen) atoms. The number of amides is 1. The largest absolute Gasteiger partial charge is 0.397 e. The Hall–Kier alpha value is -2.69. The van der Waals surface area contributed by atoms with E-state index >= 15 is 0 Å². The van der Waals surface area contributed by atoms with Crippen LogP contribution < -0.4 is 11.1 Å². The van der Waals surface area contributed by atoms with E-state index in [1.54, 1.807) is 36.7 Å². The summed E-state index contributed by atoms with van der Waals surface area (Å²) < 4.78 is 0. The molecule has 0 fully saturated rings. The lowest BCUT2D eigenvalue weighted by Gasteiger charge is -2.07. The number of aromatic nitrogens is 1. The second kappa shape index (κ2) is 9.45. The van der Waals surface area contributed by atoms with Crippen molar-refractivity contribution in [1.82, 2.24) is 4.98 Å². The van der Waals surface area contributed by atoms with Gasteiger partial charge in [0.15, 0.2) is 5.78 Å². The minimum atomic E-state index is -0.0271. The van der Waals surface area contributed by atoms with Crippen molar-refractivity contribution >= 4 is 23.1 Å². The van der Waals surface area contributed by atoms with Crippen LogP contribution >= 0.6 is 0 Å². The number of nitrogens with zero attached hydrogens (tertiary/aromatic N) is 1. The van der Waals surface area contributed by atoms with Crippen LogP contribution in [0.1, 0.15) is 48.9 Å². The fourth-order valence-electron chi connectivity index (χ4n) is 2.43. The van der Waals surface area contributed by atoms with Gasteiger partial charge in [0, 0.05) is 30.8 Å². The molecule has 3 N–H and O–H groups in total. The van der Waals surface area contributed by atoms with E-state index in [9.17, 15) is 9.59 Å². The number of rotatable bonds is 9. The fourth-order valence-corrected chi connectivity index (χ4v) is 2.43. The average Bonchev–Trinajstić information content (AvgIpc) is 2.60. The summed E-state index contributed by atoms with van der Waals surface area (Å²) >= 11 is 0. The standard InChI is InChI=1S/C19H23N3O2/c20-16-7-5-6-8-17(16)22-19(24)10-4-2-1-3-9-18(23)15-11-13-21-14-12-15/h5-8,11-14H,1-4,9-10,20H2,(H,22,24). The van der Waals surface area contributed by atoms with Crippen LogP contribution in [0.3, 0.4) is 0 Å². The number of carbonyl (C=O) groups excluding carboxylic acids is 2. The number of Topliss-reactive ketones (excluding diaryl/α,β-unsaturated/α-hetero) is 1. The number of hydrogen-bond acceptors (Lipinski definition) is 4. The van der Waals surface area contributed by atoms with Gasteiger partial charge in [-0.3, -0.25) is 14.6 Å². The Morgan fingerprint density at radius 3 is 2.29 bits per heavy atom. The second-order valence-electron chi connectivity index (χ2n) is 5.71. The number of hydrogen-bond donors (Lipinski definition) is 2. The molecule has 0 aliphatic heterocycles. The lowest BCUT2D eigenvalue weighted by Crippen LogP contribution is -2.12. The summed E-state index contributed by atoms with van der Waals surface area (Å²) in [5.41, 5.74) is 7.73. The van der Waals surface area contributed by atoms with Crippen LogP contribution in [0.5, 0.6) is 0 Å². The average molecular weight is 325 g/mol. The lowest BCUT2D eigenvalue weighted by molar-refractivity contribution is -0.116. The van der Waals surface area contributed by atoms with Crippen LogP contribution in [0.15, 0.2) is 48.8 Å². The van der Waals surface area contributed by atoms with Crippen LogP contribution in [-0.4, -0.2) is 16.7 Å². The molecule has 0 radical (unpaired) electrons. The fraction of sp³-hybridized carbons (Fsp3) is 0.316. The number of nitrogens with one attached hydrogen (secondary N) is 1. The predicted octanol–water partition coefficient (Wildman–Crippen LogP) is 3.83. The summed E-state index contributed by atoms with van der Waals surface area (Å²) in [6.07, 6.45) is 7.79. The normalized spacial score (nSPS) is 10.3. The van der Waals surface area contributed by atoms with Gasteiger partial charge >= 0.3 is 0 Å². The molecule has 0 saturated heterocycles. The third-order valence-electron chi connectivity index (χ3n) is 3.79. The molecule has 1 heterocycles. The zero-order chi connectivity index (χ0) is 17.2. The Morgan fingerprint density at radius 2 is 1.58 bits per heavy atom. The molecular formula is C19H23N3O2. The van der Waals surface area contributed by atoms with Gasteiger partial charge in [0.1, 0.15) is 0 Å². The maximum atomic E-state index is 11.9. The Morgan fingerprint density at radius 1 is 0.917 bits per heavy atom. The third-order valence-corrected chi connectivity index (χ3v) is 3.79. The Balaban J connectivity index is 1.57. The first kappa shape index (κ1) is 17.7. The van der Waals surface area contributed by atoms with Gasteiger partial charge in [0.25, 0.3) is 0 Å². The number of anilines is 2. The Kier molecular flexibility index (Phi) is 6.95. The Labute approximate surface area is 142 Å². The summed E-state index contributed by atoms with van der Waals surface area (Å²) in [6.45, 7) is 0. The van der Waals surface area contributed by atoms with E-state index in [2.05, 4.69) is 10.3 Å². The van der Waals surface area contributed by atoms with Crippen molar-refractivity contribution in [3.05, 3.63) is 54.4 Å². The zero-order valence-electron chi connectivity index (χ0n) is 13.7. The third kappa shape index (κ3) is 5.83. The molecule has 1 amide bonds. The van der Waals surface area contributed by atoms with Crippen molar-refractivity contribution in [1.29, 1.82) is 0 Å².